The van der Waals surface area contributed by atoms with E-state index in [2.05, 4.69) is 36.3 Å². The molecule has 17 heavy (non-hydrogen) atoms. The number of rotatable bonds is 5. The molecule has 0 atom stereocenters. The monoisotopic (exact) mass is 253 g/mol. The lowest BCUT2D eigenvalue weighted by atomic mass is 10.0. The predicted molar refractivity (Wildman–Crippen MR) is 73.3 cm³/mol. The zero-order valence-corrected chi connectivity index (χ0v) is 11.7. The van der Waals surface area contributed by atoms with Crippen molar-refractivity contribution in [3.05, 3.63) is 22.4 Å². The molecule has 0 unspecified atom stereocenters. The highest BCUT2D eigenvalue weighted by molar-refractivity contribution is 7.09. The van der Waals surface area contributed by atoms with Crippen molar-refractivity contribution < 1.29 is 5.11 Å². The van der Waals surface area contributed by atoms with Gasteiger partial charge in [0, 0.05) is 24.0 Å². The maximum atomic E-state index is 10.5. The fourth-order valence-corrected chi connectivity index (χ4v) is 3.32. The van der Waals surface area contributed by atoms with Crippen LogP contribution in [0.5, 0.6) is 0 Å². The Labute approximate surface area is 108 Å². The lowest BCUT2D eigenvalue weighted by molar-refractivity contribution is -0.00188. The lowest BCUT2D eigenvalue weighted by Gasteiger charge is -2.33. The third kappa shape index (κ3) is 3.54. The molecule has 3 heteroatoms. The predicted octanol–water partition coefficient (Wildman–Crippen LogP) is 3.26. The van der Waals surface area contributed by atoms with E-state index in [9.17, 15) is 5.11 Å². The first-order valence-corrected chi connectivity index (χ1v) is 7.46. The van der Waals surface area contributed by atoms with Gasteiger partial charge in [-0.15, -0.1) is 11.3 Å². The van der Waals surface area contributed by atoms with Gasteiger partial charge < -0.3 is 5.11 Å². The molecule has 0 amide bonds. The van der Waals surface area contributed by atoms with Crippen molar-refractivity contribution in [1.29, 1.82) is 0 Å². The standard InChI is InChI=1S/C14H23NOS/c1-12(2)15(10-13-6-5-9-17-13)11-14(16)7-3-4-8-14/h5-6,9,12,16H,3-4,7-8,10-11H2,1-2H3. The van der Waals surface area contributed by atoms with Crippen LogP contribution in [0.1, 0.15) is 44.4 Å². The second kappa shape index (κ2) is 5.51. The topological polar surface area (TPSA) is 23.5 Å². The molecule has 1 aromatic rings. The van der Waals surface area contributed by atoms with Gasteiger partial charge in [0.15, 0.2) is 0 Å². The molecule has 2 rings (SSSR count). The van der Waals surface area contributed by atoms with Gasteiger partial charge in [0.05, 0.1) is 5.60 Å². The summed E-state index contributed by atoms with van der Waals surface area (Å²) in [5.41, 5.74) is -0.429. The summed E-state index contributed by atoms with van der Waals surface area (Å²) in [5, 5.41) is 12.6. The van der Waals surface area contributed by atoms with Gasteiger partial charge in [-0.2, -0.15) is 0 Å². The highest BCUT2D eigenvalue weighted by Gasteiger charge is 2.33. The second-order valence-corrected chi connectivity index (χ2v) is 6.54. The molecule has 1 saturated carbocycles. The van der Waals surface area contributed by atoms with Crippen LogP contribution in [0.2, 0.25) is 0 Å². The molecule has 1 aromatic heterocycles. The Balaban J connectivity index is 1.97. The van der Waals surface area contributed by atoms with Crippen LogP contribution in [0.25, 0.3) is 0 Å². The summed E-state index contributed by atoms with van der Waals surface area (Å²) in [6.45, 7) is 6.22. The fraction of sp³-hybridized carbons (Fsp3) is 0.714. The minimum Gasteiger partial charge on any atom is -0.389 e. The summed E-state index contributed by atoms with van der Waals surface area (Å²) in [7, 11) is 0. The molecular formula is C14H23NOS. The average molecular weight is 253 g/mol. The highest BCUT2D eigenvalue weighted by atomic mass is 32.1. The van der Waals surface area contributed by atoms with E-state index in [0.29, 0.717) is 6.04 Å². The first kappa shape index (κ1) is 13.1. The molecule has 96 valence electrons. The van der Waals surface area contributed by atoms with E-state index in [4.69, 9.17) is 0 Å². The van der Waals surface area contributed by atoms with Crippen molar-refractivity contribution >= 4 is 11.3 Å². The third-order valence-corrected chi connectivity index (χ3v) is 4.56. The molecular weight excluding hydrogens is 230 g/mol. The van der Waals surface area contributed by atoms with Crippen LogP contribution < -0.4 is 0 Å². The molecule has 0 spiro atoms. The Morgan fingerprint density at radius 3 is 2.65 bits per heavy atom. The zero-order chi connectivity index (χ0) is 12.3. The Hall–Kier alpha value is -0.380. The van der Waals surface area contributed by atoms with Crippen molar-refractivity contribution in [2.75, 3.05) is 6.54 Å². The summed E-state index contributed by atoms with van der Waals surface area (Å²) in [5.74, 6) is 0. The van der Waals surface area contributed by atoms with Gasteiger partial charge >= 0.3 is 0 Å². The van der Waals surface area contributed by atoms with E-state index < -0.39 is 5.60 Å². The van der Waals surface area contributed by atoms with E-state index in [1.165, 1.54) is 17.7 Å². The van der Waals surface area contributed by atoms with E-state index >= 15 is 0 Å². The lowest BCUT2D eigenvalue weighted by Crippen LogP contribution is -2.43. The first-order chi connectivity index (χ1) is 8.09. The van der Waals surface area contributed by atoms with Crippen LogP contribution >= 0.6 is 11.3 Å². The Bertz CT molecular complexity index is 328. The van der Waals surface area contributed by atoms with Crippen molar-refractivity contribution in [2.24, 2.45) is 0 Å². The summed E-state index contributed by atoms with van der Waals surface area (Å²) in [6, 6.07) is 4.77. The molecule has 1 aliphatic rings. The Morgan fingerprint density at radius 1 is 1.41 bits per heavy atom. The first-order valence-electron chi connectivity index (χ1n) is 6.58. The van der Waals surface area contributed by atoms with Crippen LogP contribution in [-0.2, 0) is 6.54 Å². The number of hydrogen-bond acceptors (Lipinski definition) is 3. The molecule has 1 N–H and O–H groups in total. The molecule has 1 fully saturated rings. The van der Waals surface area contributed by atoms with Crippen molar-refractivity contribution in [3.63, 3.8) is 0 Å². The molecule has 0 aliphatic heterocycles. The van der Waals surface area contributed by atoms with Crippen LogP contribution in [0.15, 0.2) is 17.5 Å². The SMILES string of the molecule is CC(C)N(Cc1cccs1)CC1(O)CCCC1. The minimum absolute atomic E-state index is 0.429. The summed E-state index contributed by atoms with van der Waals surface area (Å²) < 4.78 is 0. The van der Waals surface area contributed by atoms with Crippen molar-refractivity contribution in [3.8, 4) is 0 Å². The van der Waals surface area contributed by atoms with Crippen molar-refractivity contribution in [2.45, 2.75) is 57.7 Å². The number of aliphatic hydroxyl groups is 1. The summed E-state index contributed by atoms with van der Waals surface area (Å²) in [6.07, 6.45) is 4.31. The fourth-order valence-electron chi connectivity index (χ4n) is 2.59. The van der Waals surface area contributed by atoms with Gasteiger partial charge in [-0.25, -0.2) is 0 Å². The number of thiophene rings is 1. The van der Waals surface area contributed by atoms with Crippen LogP contribution in [0, 0.1) is 0 Å². The van der Waals surface area contributed by atoms with E-state index in [1.807, 2.05) is 0 Å². The molecule has 1 heterocycles. The third-order valence-electron chi connectivity index (χ3n) is 3.70. The smallest absolute Gasteiger partial charge is 0.0774 e. The maximum absolute atomic E-state index is 10.5. The average Bonchev–Trinajstić information content (AvgIpc) is 2.89. The van der Waals surface area contributed by atoms with E-state index in [0.717, 1.165) is 25.9 Å². The highest BCUT2D eigenvalue weighted by Crippen LogP contribution is 2.31. The van der Waals surface area contributed by atoms with Gasteiger partial charge in [-0.05, 0) is 38.1 Å². The largest absolute Gasteiger partial charge is 0.389 e. The van der Waals surface area contributed by atoms with Crippen molar-refractivity contribution in [1.82, 2.24) is 4.90 Å². The number of hydrogen-bond donors (Lipinski definition) is 1. The van der Waals surface area contributed by atoms with Crippen LogP contribution in [0.3, 0.4) is 0 Å². The molecule has 0 aromatic carbocycles. The molecule has 1 aliphatic carbocycles. The molecule has 0 radical (unpaired) electrons. The Morgan fingerprint density at radius 2 is 2.12 bits per heavy atom. The van der Waals surface area contributed by atoms with E-state index in [-0.39, 0.29) is 0 Å². The molecule has 2 nitrogen and oxygen atoms in total. The van der Waals surface area contributed by atoms with E-state index in [1.54, 1.807) is 11.3 Å². The van der Waals surface area contributed by atoms with Gasteiger partial charge in [0.2, 0.25) is 0 Å². The quantitative estimate of drug-likeness (QED) is 0.870. The van der Waals surface area contributed by atoms with Gasteiger partial charge in [-0.1, -0.05) is 18.9 Å². The van der Waals surface area contributed by atoms with Gasteiger partial charge in [0.25, 0.3) is 0 Å². The Kier molecular flexibility index (Phi) is 4.23. The van der Waals surface area contributed by atoms with Gasteiger partial charge in [-0.3, -0.25) is 4.90 Å². The summed E-state index contributed by atoms with van der Waals surface area (Å²) >= 11 is 1.80. The number of nitrogens with zero attached hydrogens (tertiary/aromatic N) is 1. The second-order valence-electron chi connectivity index (χ2n) is 5.51. The van der Waals surface area contributed by atoms with Crippen LogP contribution in [-0.4, -0.2) is 28.2 Å². The molecule has 0 saturated heterocycles. The van der Waals surface area contributed by atoms with Crippen LogP contribution in [0.4, 0.5) is 0 Å². The molecule has 0 bridgehead atoms. The van der Waals surface area contributed by atoms with Gasteiger partial charge in [0.1, 0.15) is 0 Å². The minimum atomic E-state index is -0.429. The normalized spacial score (nSPS) is 19.4. The summed E-state index contributed by atoms with van der Waals surface area (Å²) in [4.78, 5) is 3.79. The maximum Gasteiger partial charge on any atom is 0.0774 e. The zero-order valence-electron chi connectivity index (χ0n) is 10.9.